The van der Waals surface area contributed by atoms with Gasteiger partial charge in [-0.2, -0.15) is 0 Å². The van der Waals surface area contributed by atoms with Crippen LogP contribution in [0.15, 0.2) is 0 Å². The molecule has 4 nitrogen and oxygen atoms in total. The maximum atomic E-state index is 9.31. The minimum atomic E-state index is 0.0857. The van der Waals surface area contributed by atoms with E-state index in [1.54, 1.807) is 0 Å². The van der Waals surface area contributed by atoms with Gasteiger partial charge in [-0.05, 0) is 51.5 Å². The topological polar surface area (TPSA) is 41.9 Å². The normalized spacial score (nSPS) is 35.2. The van der Waals surface area contributed by atoms with Gasteiger partial charge in [-0.3, -0.25) is 4.90 Å². The molecule has 4 heteroatoms. The fourth-order valence-electron chi connectivity index (χ4n) is 4.34. The average molecular weight is 283 g/mol. The van der Waals surface area contributed by atoms with Crippen molar-refractivity contribution in [1.82, 2.24) is 4.90 Å². The van der Waals surface area contributed by atoms with E-state index in [4.69, 9.17) is 9.47 Å². The molecule has 0 saturated carbocycles. The molecule has 3 aliphatic heterocycles. The van der Waals surface area contributed by atoms with Crippen LogP contribution in [0.3, 0.4) is 0 Å². The van der Waals surface area contributed by atoms with Crippen molar-refractivity contribution in [2.75, 3.05) is 33.0 Å². The molecule has 2 unspecified atom stereocenters. The zero-order chi connectivity index (χ0) is 13.8. The molecule has 1 N–H and O–H groups in total. The summed E-state index contributed by atoms with van der Waals surface area (Å²) in [6, 6.07) is 1.24. The Morgan fingerprint density at radius 2 is 1.95 bits per heavy atom. The lowest BCUT2D eigenvalue weighted by molar-refractivity contribution is -0.156. The van der Waals surface area contributed by atoms with Crippen molar-refractivity contribution >= 4 is 0 Å². The lowest BCUT2D eigenvalue weighted by atomic mass is 9.82. The van der Waals surface area contributed by atoms with Crippen LogP contribution in [-0.4, -0.2) is 60.7 Å². The Kier molecular flexibility index (Phi) is 4.97. The monoisotopic (exact) mass is 283 g/mol. The summed E-state index contributed by atoms with van der Waals surface area (Å²) in [7, 11) is 0. The highest BCUT2D eigenvalue weighted by atomic mass is 16.5. The summed E-state index contributed by atoms with van der Waals surface area (Å²) < 4.78 is 11.7. The molecule has 3 fully saturated rings. The summed E-state index contributed by atoms with van der Waals surface area (Å²) in [6.45, 7) is 4.14. The molecule has 0 radical (unpaired) electrons. The molecule has 3 rings (SSSR count). The van der Waals surface area contributed by atoms with Crippen molar-refractivity contribution in [3.63, 3.8) is 0 Å². The zero-order valence-corrected chi connectivity index (χ0v) is 12.6. The van der Waals surface area contributed by atoms with E-state index in [1.807, 2.05) is 0 Å². The molecule has 20 heavy (non-hydrogen) atoms. The SMILES string of the molecule is OCCC1CCCCN1C1CCOC2(CCOCC2)C1. The maximum absolute atomic E-state index is 9.31. The van der Waals surface area contributed by atoms with Crippen LogP contribution < -0.4 is 0 Å². The average Bonchev–Trinajstić information content (AvgIpc) is 2.49. The van der Waals surface area contributed by atoms with E-state index < -0.39 is 0 Å². The van der Waals surface area contributed by atoms with Crippen LogP contribution >= 0.6 is 0 Å². The van der Waals surface area contributed by atoms with E-state index in [-0.39, 0.29) is 5.60 Å². The van der Waals surface area contributed by atoms with Gasteiger partial charge < -0.3 is 14.6 Å². The quantitative estimate of drug-likeness (QED) is 0.859. The molecular weight excluding hydrogens is 254 g/mol. The molecule has 0 bridgehead atoms. The largest absolute Gasteiger partial charge is 0.396 e. The minimum absolute atomic E-state index is 0.0857. The van der Waals surface area contributed by atoms with Crippen molar-refractivity contribution < 1.29 is 14.6 Å². The summed E-state index contributed by atoms with van der Waals surface area (Å²) in [5.41, 5.74) is 0.0857. The van der Waals surface area contributed by atoms with Crippen molar-refractivity contribution in [1.29, 1.82) is 0 Å². The summed E-state index contributed by atoms with van der Waals surface area (Å²) >= 11 is 0. The van der Waals surface area contributed by atoms with E-state index in [1.165, 1.54) is 25.8 Å². The summed E-state index contributed by atoms with van der Waals surface area (Å²) in [5, 5.41) is 9.31. The number of rotatable bonds is 3. The third kappa shape index (κ3) is 3.19. The van der Waals surface area contributed by atoms with Gasteiger partial charge in [0, 0.05) is 38.5 Å². The smallest absolute Gasteiger partial charge is 0.0741 e. The highest BCUT2D eigenvalue weighted by Crippen LogP contribution is 2.38. The van der Waals surface area contributed by atoms with Crippen LogP contribution in [0.5, 0.6) is 0 Å². The van der Waals surface area contributed by atoms with Crippen LogP contribution in [0.4, 0.5) is 0 Å². The first-order valence-electron chi connectivity index (χ1n) is 8.41. The zero-order valence-electron chi connectivity index (χ0n) is 12.6. The Morgan fingerprint density at radius 1 is 1.10 bits per heavy atom. The maximum Gasteiger partial charge on any atom is 0.0741 e. The molecule has 0 aromatic heterocycles. The first kappa shape index (κ1) is 14.8. The van der Waals surface area contributed by atoms with Gasteiger partial charge in [0.15, 0.2) is 0 Å². The van der Waals surface area contributed by atoms with Gasteiger partial charge in [-0.25, -0.2) is 0 Å². The number of aliphatic hydroxyl groups is 1. The van der Waals surface area contributed by atoms with E-state index in [0.717, 1.165) is 51.9 Å². The summed E-state index contributed by atoms with van der Waals surface area (Å²) in [4.78, 5) is 2.69. The van der Waals surface area contributed by atoms with E-state index in [9.17, 15) is 5.11 Å². The highest BCUT2D eigenvalue weighted by Gasteiger charge is 2.42. The highest BCUT2D eigenvalue weighted by molar-refractivity contribution is 4.94. The van der Waals surface area contributed by atoms with Crippen LogP contribution in [0.1, 0.15) is 51.4 Å². The second kappa shape index (κ2) is 6.73. The third-order valence-corrected chi connectivity index (χ3v) is 5.48. The second-order valence-corrected chi connectivity index (χ2v) is 6.69. The van der Waals surface area contributed by atoms with Gasteiger partial charge >= 0.3 is 0 Å². The molecular formula is C16H29NO3. The van der Waals surface area contributed by atoms with Crippen LogP contribution in [0, 0.1) is 0 Å². The number of ether oxygens (including phenoxy) is 2. The Hall–Kier alpha value is -0.160. The first-order chi connectivity index (χ1) is 9.83. The van der Waals surface area contributed by atoms with Gasteiger partial charge in [-0.1, -0.05) is 6.42 Å². The van der Waals surface area contributed by atoms with Gasteiger partial charge in [0.05, 0.1) is 5.60 Å². The van der Waals surface area contributed by atoms with Crippen molar-refractivity contribution in [3.05, 3.63) is 0 Å². The lowest BCUT2D eigenvalue weighted by Gasteiger charge is -2.49. The third-order valence-electron chi connectivity index (χ3n) is 5.48. The molecule has 2 atom stereocenters. The predicted octanol–water partition coefficient (Wildman–Crippen LogP) is 1.95. The van der Waals surface area contributed by atoms with Crippen molar-refractivity contribution in [2.45, 2.75) is 69.1 Å². The Balaban J connectivity index is 1.65. The molecule has 3 saturated heterocycles. The van der Waals surface area contributed by atoms with E-state index in [0.29, 0.717) is 18.7 Å². The number of aliphatic hydroxyl groups excluding tert-OH is 1. The Bertz CT molecular complexity index is 297. The Labute approximate surface area is 122 Å². The molecule has 0 aromatic rings. The number of nitrogens with zero attached hydrogens (tertiary/aromatic N) is 1. The molecule has 0 amide bonds. The van der Waals surface area contributed by atoms with Gasteiger partial charge in [0.25, 0.3) is 0 Å². The van der Waals surface area contributed by atoms with Gasteiger partial charge in [0.1, 0.15) is 0 Å². The molecule has 0 aliphatic carbocycles. The van der Waals surface area contributed by atoms with Crippen molar-refractivity contribution in [2.24, 2.45) is 0 Å². The molecule has 0 aromatic carbocycles. The number of piperidine rings is 1. The van der Waals surface area contributed by atoms with E-state index >= 15 is 0 Å². The summed E-state index contributed by atoms with van der Waals surface area (Å²) in [6.07, 6.45) is 9.27. The second-order valence-electron chi connectivity index (χ2n) is 6.69. The molecule has 116 valence electrons. The first-order valence-corrected chi connectivity index (χ1v) is 8.41. The molecule has 1 spiro atoms. The number of likely N-dealkylation sites (tertiary alicyclic amines) is 1. The van der Waals surface area contributed by atoms with Crippen LogP contribution in [0.25, 0.3) is 0 Å². The minimum Gasteiger partial charge on any atom is -0.396 e. The number of hydrogen-bond acceptors (Lipinski definition) is 4. The van der Waals surface area contributed by atoms with Gasteiger partial charge in [-0.15, -0.1) is 0 Å². The van der Waals surface area contributed by atoms with Crippen LogP contribution in [0.2, 0.25) is 0 Å². The van der Waals surface area contributed by atoms with Crippen LogP contribution in [-0.2, 0) is 9.47 Å². The number of hydrogen-bond donors (Lipinski definition) is 1. The lowest BCUT2D eigenvalue weighted by Crippen LogP contribution is -2.54. The van der Waals surface area contributed by atoms with Gasteiger partial charge in [0.2, 0.25) is 0 Å². The molecule has 3 heterocycles. The molecule has 3 aliphatic rings. The Morgan fingerprint density at radius 3 is 2.75 bits per heavy atom. The fourth-order valence-corrected chi connectivity index (χ4v) is 4.34. The van der Waals surface area contributed by atoms with E-state index in [2.05, 4.69) is 4.90 Å². The predicted molar refractivity (Wildman–Crippen MR) is 77.8 cm³/mol. The standard InChI is InChI=1S/C16H29NO3/c18-9-4-14-3-1-2-8-17(14)15-5-10-20-16(13-15)6-11-19-12-7-16/h14-15,18H,1-13H2. The summed E-state index contributed by atoms with van der Waals surface area (Å²) in [5.74, 6) is 0. The van der Waals surface area contributed by atoms with Crippen molar-refractivity contribution in [3.8, 4) is 0 Å². The fraction of sp³-hybridized carbons (Fsp3) is 1.00.